The van der Waals surface area contributed by atoms with E-state index in [1.165, 1.54) is 0 Å². The fourth-order valence-electron chi connectivity index (χ4n) is 3.94. The summed E-state index contributed by atoms with van der Waals surface area (Å²) in [5, 5.41) is 8.87. The maximum atomic E-state index is 13.4. The van der Waals surface area contributed by atoms with E-state index in [0.29, 0.717) is 55.2 Å². The molecule has 1 aliphatic heterocycles. The largest absolute Gasteiger partial charge is 0.421 e. The van der Waals surface area contributed by atoms with Crippen LogP contribution in [-0.2, 0) is 19.4 Å². The molecule has 0 atom stereocenters. The molecule has 5 rings (SSSR count). The molecule has 0 spiro atoms. The van der Waals surface area contributed by atoms with Gasteiger partial charge >= 0.3 is 6.18 Å². The van der Waals surface area contributed by atoms with Crippen molar-refractivity contribution in [1.82, 2.24) is 29.7 Å². The van der Waals surface area contributed by atoms with Gasteiger partial charge in [-0.15, -0.1) is 0 Å². The molecule has 0 amide bonds. The highest BCUT2D eigenvalue weighted by atomic mass is 35.5. The van der Waals surface area contributed by atoms with Crippen LogP contribution in [0.3, 0.4) is 0 Å². The fourth-order valence-corrected chi connectivity index (χ4v) is 4.07. The molecule has 1 saturated carbocycles. The van der Waals surface area contributed by atoms with Crippen LogP contribution in [0.4, 0.5) is 13.2 Å². The van der Waals surface area contributed by atoms with Crippen molar-refractivity contribution in [1.29, 1.82) is 0 Å². The Labute approximate surface area is 197 Å². The standard InChI is InChI=1S/C22H22ClF3N6O2/c23-16-5-3-15(4-6-16)20-27-19(34-29-20)12-30-7-9-31(10-8-30)13-32-21(33)17(22(24,25)26)11-18(28-32)14-1-2-14/h3-6,11,14H,1-2,7-10,12-13H2. The van der Waals surface area contributed by atoms with E-state index in [1.54, 1.807) is 12.1 Å². The third-order valence-corrected chi connectivity index (χ3v) is 6.27. The summed E-state index contributed by atoms with van der Waals surface area (Å²) in [4.78, 5) is 20.9. The van der Waals surface area contributed by atoms with Crippen LogP contribution < -0.4 is 5.56 Å². The summed E-state index contributed by atoms with van der Waals surface area (Å²) in [7, 11) is 0. The Hall–Kier alpha value is -2.76. The fraction of sp³-hybridized carbons (Fsp3) is 0.455. The summed E-state index contributed by atoms with van der Waals surface area (Å²) in [5.74, 6) is 0.965. The van der Waals surface area contributed by atoms with Crippen molar-refractivity contribution in [3.05, 3.63) is 62.9 Å². The summed E-state index contributed by atoms with van der Waals surface area (Å²) in [6.07, 6.45) is -3.09. The highest BCUT2D eigenvalue weighted by Crippen LogP contribution is 2.40. The first-order valence-corrected chi connectivity index (χ1v) is 11.4. The minimum atomic E-state index is -4.70. The van der Waals surface area contributed by atoms with Gasteiger partial charge in [-0.1, -0.05) is 16.8 Å². The highest BCUT2D eigenvalue weighted by Gasteiger charge is 2.38. The maximum Gasteiger partial charge on any atom is 0.421 e. The molecule has 2 fully saturated rings. The number of benzene rings is 1. The molecule has 3 aromatic rings. The van der Waals surface area contributed by atoms with Gasteiger partial charge in [-0.3, -0.25) is 14.6 Å². The van der Waals surface area contributed by atoms with Gasteiger partial charge in [0, 0.05) is 42.7 Å². The van der Waals surface area contributed by atoms with Gasteiger partial charge in [0.25, 0.3) is 5.56 Å². The zero-order valence-electron chi connectivity index (χ0n) is 18.1. The predicted molar refractivity (Wildman–Crippen MR) is 117 cm³/mol. The Balaban J connectivity index is 1.21. The number of nitrogens with zero attached hydrogens (tertiary/aromatic N) is 6. The average Bonchev–Trinajstić information content (AvgIpc) is 3.55. The Morgan fingerprint density at radius 2 is 1.74 bits per heavy atom. The molecule has 0 radical (unpaired) electrons. The van der Waals surface area contributed by atoms with Crippen LogP contribution in [0, 0.1) is 0 Å². The van der Waals surface area contributed by atoms with Crippen molar-refractivity contribution in [3.63, 3.8) is 0 Å². The summed E-state index contributed by atoms with van der Waals surface area (Å²) >= 11 is 5.91. The van der Waals surface area contributed by atoms with Gasteiger partial charge in [0.1, 0.15) is 5.56 Å². The number of halogens is 4. The molecule has 34 heavy (non-hydrogen) atoms. The lowest BCUT2D eigenvalue weighted by Gasteiger charge is -2.33. The van der Waals surface area contributed by atoms with E-state index in [4.69, 9.17) is 16.1 Å². The van der Waals surface area contributed by atoms with Crippen LogP contribution in [0.25, 0.3) is 11.4 Å². The molecule has 0 N–H and O–H groups in total. The molecule has 2 aromatic heterocycles. The Morgan fingerprint density at radius 3 is 2.38 bits per heavy atom. The summed E-state index contributed by atoms with van der Waals surface area (Å²) in [5.41, 5.74) is -1.09. The molecule has 0 unspecified atom stereocenters. The molecule has 1 aromatic carbocycles. The SMILES string of the molecule is O=c1c(C(F)(F)F)cc(C2CC2)nn1CN1CCN(Cc2nc(-c3ccc(Cl)cc3)no2)CC1. The van der Waals surface area contributed by atoms with Crippen molar-refractivity contribution in [3.8, 4) is 11.4 Å². The monoisotopic (exact) mass is 494 g/mol. The third kappa shape index (κ3) is 5.16. The van der Waals surface area contributed by atoms with Crippen LogP contribution in [0.2, 0.25) is 5.02 Å². The van der Waals surface area contributed by atoms with Crippen molar-refractivity contribution in [2.24, 2.45) is 0 Å². The Kier molecular flexibility index (Phi) is 6.17. The Bertz CT molecular complexity index is 1210. The molecule has 2 aliphatic rings. The molecule has 1 aliphatic carbocycles. The lowest BCUT2D eigenvalue weighted by molar-refractivity contribution is -0.139. The smallest absolute Gasteiger partial charge is 0.338 e. The predicted octanol–water partition coefficient (Wildman–Crippen LogP) is 3.62. The highest BCUT2D eigenvalue weighted by molar-refractivity contribution is 6.30. The quantitative estimate of drug-likeness (QED) is 0.518. The zero-order chi connectivity index (χ0) is 23.9. The van der Waals surface area contributed by atoms with Crippen LogP contribution in [0.1, 0.15) is 35.9 Å². The van der Waals surface area contributed by atoms with Gasteiger partial charge in [-0.05, 0) is 43.2 Å². The lowest BCUT2D eigenvalue weighted by atomic mass is 10.2. The second-order valence-electron chi connectivity index (χ2n) is 8.61. The van der Waals surface area contributed by atoms with Crippen molar-refractivity contribution in [2.75, 3.05) is 26.2 Å². The maximum absolute atomic E-state index is 13.4. The molecular formula is C22H22ClF3N6O2. The zero-order valence-corrected chi connectivity index (χ0v) is 18.9. The van der Waals surface area contributed by atoms with Gasteiger partial charge < -0.3 is 4.52 Å². The van der Waals surface area contributed by atoms with Crippen LogP contribution >= 0.6 is 11.6 Å². The molecule has 12 heteroatoms. The number of hydrogen-bond donors (Lipinski definition) is 0. The van der Waals surface area contributed by atoms with Gasteiger partial charge in [0.2, 0.25) is 11.7 Å². The first-order valence-electron chi connectivity index (χ1n) is 11.0. The number of alkyl halides is 3. The molecule has 1 saturated heterocycles. The first-order chi connectivity index (χ1) is 16.3. The third-order valence-electron chi connectivity index (χ3n) is 6.02. The van der Waals surface area contributed by atoms with Crippen LogP contribution in [-0.4, -0.2) is 55.9 Å². The van der Waals surface area contributed by atoms with E-state index in [9.17, 15) is 18.0 Å². The van der Waals surface area contributed by atoms with E-state index >= 15 is 0 Å². The molecule has 8 nitrogen and oxygen atoms in total. The van der Waals surface area contributed by atoms with Crippen molar-refractivity contribution in [2.45, 2.75) is 38.1 Å². The Morgan fingerprint density at radius 1 is 1.06 bits per heavy atom. The number of hydrogen-bond acceptors (Lipinski definition) is 7. The second-order valence-corrected chi connectivity index (χ2v) is 9.05. The van der Waals surface area contributed by atoms with Gasteiger partial charge in [-0.2, -0.15) is 23.3 Å². The number of rotatable bonds is 6. The summed E-state index contributed by atoms with van der Waals surface area (Å²) in [6.45, 7) is 2.91. The van der Waals surface area contributed by atoms with E-state index in [-0.39, 0.29) is 12.6 Å². The van der Waals surface area contributed by atoms with Crippen molar-refractivity contribution < 1.29 is 17.7 Å². The van der Waals surface area contributed by atoms with E-state index < -0.39 is 17.3 Å². The van der Waals surface area contributed by atoms with E-state index in [2.05, 4.69) is 20.1 Å². The molecule has 0 bridgehead atoms. The van der Waals surface area contributed by atoms with Gasteiger partial charge in [0.15, 0.2) is 0 Å². The molecule has 180 valence electrons. The van der Waals surface area contributed by atoms with Crippen molar-refractivity contribution >= 4 is 11.6 Å². The second kappa shape index (κ2) is 9.12. The van der Waals surface area contributed by atoms with Gasteiger partial charge in [-0.25, -0.2) is 4.68 Å². The van der Waals surface area contributed by atoms with Crippen LogP contribution in [0.15, 0.2) is 39.6 Å². The summed E-state index contributed by atoms with van der Waals surface area (Å²) < 4.78 is 46.4. The summed E-state index contributed by atoms with van der Waals surface area (Å²) in [6, 6.07) is 8.05. The normalized spacial score (nSPS) is 17.9. The van der Waals surface area contributed by atoms with Crippen LogP contribution in [0.5, 0.6) is 0 Å². The number of aromatic nitrogens is 4. The molecular weight excluding hydrogens is 473 g/mol. The first kappa shape index (κ1) is 23.0. The molecule has 3 heterocycles. The van der Waals surface area contributed by atoms with E-state index in [1.807, 2.05) is 17.0 Å². The minimum absolute atomic E-state index is 0.0111. The topological polar surface area (TPSA) is 80.3 Å². The minimum Gasteiger partial charge on any atom is -0.338 e. The number of piperazine rings is 1. The van der Waals surface area contributed by atoms with Gasteiger partial charge in [0.05, 0.1) is 18.9 Å². The average molecular weight is 495 g/mol. The lowest BCUT2D eigenvalue weighted by Crippen LogP contribution is -2.48. The van der Waals surface area contributed by atoms with E-state index in [0.717, 1.165) is 29.2 Å².